The quantitative estimate of drug-likeness (QED) is 0.234. The zero-order valence-electron chi connectivity index (χ0n) is 20.1. The minimum atomic E-state index is -0.726. The minimum Gasteiger partial charge on any atom is -0.493 e. The molecule has 1 aromatic heterocycles. The number of hydrogen-bond acceptors (Lipinski definition) is 10. The maximum absolute atomic E-state index is 11.9. The molecule has 0 atom stereocenters. The fourth-order valence-corrected chi connectivity index (χ4v) is 3.48. The van der Waals surface area contributed by atoms with Gasteiger partial charge in [-0.2, -0.15) is 9.98 Å². The number of aromatic nitrogens is 2. The number of methoxy groups -OCH3 is 3. The molecule has 0 aliphatic carbocycles. The molecule has 3 rings (SSSR count). The highest BCUT2D eigenvalue weighted by atomic mass is 32.2. The maximum Gasteiger partial charge on any atom is 0.434 e. The Bertz CT molecular complexity index is 1210. The second-order valence-corrected chi connectivity index (χ2v) is 7.74. The lowest BCUT2D eigenvalue weighted by Gasteiger charge is -2.14. The molecule has 0 spiro atoms. The lowest BCUT2D eigenvalue weighted by Crippen LogP contribution is -2.15. The Morgan fingerprint density at radius 1 is 1.06 bits per heavy atom. The van der Waals surface area contributed by atoms with Crippen molar-refractivity contribution in [1.29, 1.82) is 0 Å². The smallest absolute Gasteiger partial charge is 0.434 e. The van der Waals surface area contributed by atoms with Crippen molar-refractivity contribution in [3.63, 3.8) is 0 Å². The summed E-state index contributed by atoms with van der Waals surface area (Å²) in [6.07, 6.45) is 1.08. The van der Waals surface area contributed by atoms with E-state index >= 15 is 0 Å². The summed E-state index contributed by atoms with van der Waals surface area (Å²) in [6.45, 7) is 2.55. The van der Waals surface area contributed by atoms with Crippen LogP contribution in [0.3, 0.4) is 0 Å². The van der Waals surface area contributed by atoms with Crippen molar-refractivity contribution in [3.05, 3.63) is 53.9 Å². The van der Waals surface area contributed by atoms with E-state index in [4.69, 9.17) is 28.5 Å². The SMILES string of the molecule is COCCOc1ccc(C(=Nc2ccc(-c3noc(C)n3)cc2)/C(=N/C(=O)OC)SC)cc1OC. The van der Waals surface area contributed by atoms with Crippen LogP contribution < -0.4 is 9.47 Å². The average Bonchev–Trinajstić information content (AvgIpc) is 3.32. The molecule has 0 radical (unpaired) electrons. The summed E-state index contributed by atoms with van der Waals surface area (Å²) >= 11 is 1.27. The molecule has 0 unspecified atom stereocenters. The number of rotatable bonds is 9. The molecule has 0 bridgehead atoms. The second-order valence-electron chi connectivity index (χ2n) is 6.94. The third-order valence-electron chi connectivity index (χ3n) is 4.64. The Balaban J connectivity index is 2.03. The first-order valence-corrected chi connectivity index (χ1v) is 11.7. The first-order valence-electron chi connectivity index (χ1n) is 10.5. The van der Waals surface area contributed by atoms with Crippen LogP contribution in [0.1, 0.15) is 11.5 Å². The van der Waals surface area contributed by atoms with E-state index in [0.717, 1.165) is 5.56 Å². The van der Waals surface area contributed by atoms with Crippen LogP contribution in [0, 0.1) is 6.92 Å². The van der Waals surface area contributed by atoms with Gasteiger partial charge in [0.25, 0.3) is 0 Å². The number of aryl methyl sites for hydroxylation is 1. The lowest BCUT2D eigenvalue weighted by atomic mass is 10.1. The van der Waals surface area contributed by atoms with Crippen molar-refractivity contribution >= 4 is 34.3 Å². The number of hydrogen-bond donors (Lipinski definition) is 0. The van der Waals surface area contributed by atoms with Gasteiger partial charge in [-0.05, 0) is 48.7 Å². The Hall–Kier alpha value is -3.70. The summed E-state index contributed by atoms with van der Waals surface area (Å²) in [7, 11) is 4.43. The topological polar surface area (TPSA) is 118 Å². The van der Waals surface area contributed by atoms with E-state index in [2.05, 4.69) is 15.1 Å². The van der Waals surface area contributed by atoms with Crippen LogP contribution >= 0.6 is 11.8 Å². The largest absolute Gasteiger partial charge is 0.493 e. The van der Waals surface area contributed by atoms with Crippen molar-refractivity contribution in [3.8, 4) is 22.9 Å². The van der Waals surface area contributed by atoms with Crippen LogP contribution in [0.25, 0.3) is 11.4 Å². The minimum absolute atomic E-state index is 0.374. The van der Waals surface area contributed by atoms with Crippen molar-refractivity contribution < 1.29 is 28.3 Å². The number of thioether (sulfide) groups is 1. The highest BCUT2D eigenvalue weighted by Crippen LogP contribution is 2.30. The predicted molar refractivity (Wildman–Crippen MR) is 134 cm³/mol. The fourth-order valence-electron chi connectivity index (χ4n) is 2.96. The second kappa shape index (κ2) is 12.7. The van der Waals surface area contributed by atoms with Crippen molar-refractivity contribution in [2.75, 3.05) is 40.8 Å². The van der Waals surface area contributed by atoms with Crippen LogP contribution in [0.15, 0.2) is 57.0 Å². The number of carbonyl (C=O) groups excluding carboxylic acids is 1. The molecule has 11 heteroatoms. The molecule has 184 valence electrons. The molecule has 0 saturated heterocycles. The van der Waals surface area contributed by atoms with Gasteiger partial charge in [-0.25, -0.2) is 9.79 Å². The number of ether oxygens (including phenoxy) is 4. The molecule has 1 heterocycles. The maximum atomic E-state index is 11.9. The van der Waals surface area contributed by atoms with E-state index in [9.17, 15) is 4.79 Å². The van der Waals surface area contributed by atoms with Gasteiger partial charge in [0, 0.05) is 25.2 Å². The van der Waals surface area contributed by atoms with Gasteiger partial charge in [0.05, 0.1) is 26.5 Å². The average molecular weight is 499 g/mol. The van der Waals surface area contributed by atoms with Gasteiger partial charge < -0.3 is 23.5 Å². The van der Waals surface area contributed by atoms with Gasteiger partial charge in [0.2, 0.25) is 11.7 Å². The van der Waals surface area contributed by atoms with Crippen LogP contribution in [0.2, 0.25) is 0 Å². The van der Waals surface area contributed by atoms with E-state index in [1.165, 1.54) is 18.9 Å². The van der Waals surface area contributed by atoms with Gasteiger partial charge >= 0.3 is 6.09 Å². The van der Waals surface area contributed by atoms with E-state index in [0.29, 0.717) is 58.4 Å². The van der Waals surface area contributed by atoms with Gasteiger partial charge in [-0.1, -0.05) is 5.16 Å². The molecule has 10 nitrogen and oxygen atoms in total. The molecule has 2 aromatic carbocycles. The summed E-state index contributed by atoms with van der Waals surface area (Å²) in [4.78, 5) is 25.0. The van der Waals surface area contributed by atoms with E-state index in [1.807, 2.05) is 30.3 Å². The van der Waals surface area contributed by atoms with Gasteiger partial charge in [-0.15, -0.1) is 11.8 Å². The highest BCUT2D eigenvalue weighted by molar-refractivity contribution is 8.15. The van der Waals surface area contributed by atoms with Crippen LogP contribution in [0.4, 0.5) is 10.5 Å². The molecule has 3 aromatic rings. The molecule has 0 aliphatic rings. The summed E-state index contributed by atoms with van der Waals surface area (Å²) in [5.74, 6) is 2.04. The van der Waals surface area contributed by atoms with E-state index in [-0.39, 0.29) is 0 Å². The predicted octanol–water partition coefficient (Wildman–Crippen LogP) is 4.73. The third-order valence-corrected chi connectivity index (χ3v) is 5.31. The van der Waals surface area contributed by atoms with Crippen molar-refractivity contribution in [2.24, 2.45) is 9.98 Å². The van der Waals surface area contributed by atoms with Gasteiger partial charge in [0.15, 0.2) is 11.5 Å². The number of benzene rings is 2. The zero-order valence-corrected chi connectivity index (χ0v) is 20.9. The molecular weight excluding hydrogens is 472 g/mol. The number of nitrogens with zero attached hydrogens (tertiary/aromatic N) is 4. The molecule has 0 saturated carbocycles. The Morgan fingerprint density at radius 3 is 2.43 bits per heavy atom. The summed E-state index contributed by atoms with van der Waals surface area (Å²) < 4.78 is 26.1. The summed E-state index contributed by atoms with van der Waals surface area (Å²) in [5, 5.41) is 4.31. The normalized spacial score (nSPS) is 11.9. The van der Waals surface area contributed by atoms with E-state index < -0.39 is 6.09 Å². The highest BCUT2D eigenvalue weighted by Gasteiger charge is 2.17. The zero-order chi connectivity index (χ0) is 25.2. The van der Waals surface area contributed by atoms with Crippen LogP contribution in [-0.4, -0.2) is 67.8 Å². The summed E-state index contributed by atoms with van der Waals surface area (Å²) in [6, 6.07) is 12.7. The number of amides is 1. The summed E-state index contributed by atoms with van der Waals surface area (Å²) in [5.41, 5.74) is 2.56. The van der Waals surface area contributed by atoms with Crippen molar-refractivity contribution in [1.82, 2.24) is 10.1 Å². The lowest BCUT2D eigenvalue weighted by molar-refractivity contribution is 0.144. The Kier molecular flexibility index (Phi) is 9.39. The van der Waals surface area contributed by atoms with E-state index in [1.54, 1.807) is 39.5 Å². The molecule has 0 fully saturated rings. The standard InChI is InChI=1S/C24H26N4O6S/c1-15-25-22(28-34-15)16-6-9-18(10-7-16)26-21(23(35-5)27-24(29)32-4)17-8-11-19(20(14-17)31-3)33-13-12-30-2/h6-11,14H,12-13H2,1-5H3/b26-21?,27-23-. The van der Waals surface area contributed by atoms with Crippen LogP contribution in [0.5, 0.6) is 11.5 Å². The van der Waals surface area contributed by atoms with Gasteiger partial charge in [0.1, 0.15) is 17.4 Å². The Labute approximate surface area is 207 Å². The molecule has 0 N–H and O–H groups in total. The first-order chi connectivity index (χ1) is 17.0. The number of aliphatic imine (C=N–C) groups is 2. The first kappa shape index (κ1) is 25.9. The fraction of sp³-hybridized carbons (Fsp3) is 0.292. The molecular formula is C24H26N4O6S. The van der Waals surface area contributed by atoms with Crippen molar-refractivity contribution in [2.45, 2.75) is 6.92 Å². The molecule has 35 heavy (non-hydrogen) atoms. The molecule has 1 amide bonds. The Morgan fingerprint density at radius 2 is 1.83 bits per heavy atom. The van der Waals surface area contributed by atoms with Crippen LogP contribution in [-0.2, 0) is 9.47 Å². The third kappa shape index (κ3) is 6.90. The van der Waals surface area contributed by atoms with Gasteiger partial charge in [-0.3, -0.25) is 0 Å². The molecule has 0 aliphatic heterocycles. The number of carbonyl (C=O) groups is 1. The monoisotopic (exact) mass is 498 g/mol.